The summed E-state index contributed by atoms with van der Waals surface area (Å²) < 4.78 is 0. The maximum Gasteiger partial charge on any atom is 0.0834 e. The summed E-state index contributed by atoms with van der Waals surface area (Å²) in [6, 6.07) is 16.0. The third-order valence-electron chi connectivity index (χ3n) is 7.24. The van der Waals surface area contributed by atoms with Gasteiger partial charge in [-0.1, -0.05) is 43.8 Å². The van der Waals surface area contributed by atoms with E-state index in [2.05, 4.69) is 80.9 Å². The molecule has 2 nitrogen and oxygen atoms in total. The molecule has 1 aliphatic carbocycles. The summed E-state index contributed by atoms with van der Waals surface area (Å²) in [4.78, 5) is 11.5. The van der Waals surface area contributed by atoms with Crippen LogP contribution in [-0.2, 0) is 6.42 Å². The van der Waals surface area contributed by atoms with Crippen LogP contribution in [0, 0.1) is 5.92 Å². The quantitative estimate of drug-likeness (QED) is 0.352. The largest absolute Gasteiger partial charge is 0.276 e. The first-order valence-electron chi connectivity index (χ1n) is 11.0. The maximum absolute atomic E-state index is 5.18. The van der Waals surface area contributed by atoms with Crippen molar-refractivity contribution in [2.24, 2.45) is 10.9 Å². The molecular formula is C28H28N2S. The van der Waals surface area contributed by atoms with E-state index in [0.717, 1.165) is 17.6 Å². The lowest BCUT2D eigenvalue weighted by atomic mass is 9.81. The Labute approximate surface area is 185 Å². The highest BCUT2D eigenvalue weighted by molar-refractivity contribution is 8.32. The molecule has 0 amide bonds. The van der Waals surface area contributed by atoms with Gasteiger partial charge in [0, 0.05) is 28.0 Å². The number of aromatic nitrogens is 1. The van der Waals surface area contributed by atoms with E-state index in [1.807, 2.05) is 6.08 Å². The fourth-order valence-electron chi connectivity index (χ4n) is 5.89. The van der Waals surface area contributed by atoms with Crippen LogP contribution in [0.5, 0.6) is 0 Å². The first-order valence-corrected chi connectivity index (χ1v) is 13.9. The lowest BCUT2D eigenvalue weighted by molar-refractivity contribution is 0.437. The average molecular weight is 425 g/mol. The smallest absolute Gasteiger partial charge is 0.0834 e. The van der Waals surface area contributed by atoms with E-state index in [0.29, 0.717) is 11.8 Å². The Bertz CT molecular complexity index is 1390. The van der Waals surface area contributed by atoms with Gasteiger partial charge >= 0.3 is 0 Å². The number of aliphatic imine (C=N–C) groups is 1. The van der Waals surface area contributed by atoms with E-state index in [4.69, 9.17) is 9.98 Å². The standard InChI is InChI=1S/C28H28N2S/c1-6-23-19-9-7-8-10-20(19)28(30-23)26-16(2)11-18-12-17-13-22(27(18)26)24-14-21(17)25(15-29-24)31(3,4)5/h6-10,12-16,26,28H,1,11H2,2-5H3. The molecule has 31 heavy (non-hydrogen) atoms. The number of hydrogen-bond donors (Lipinski definition) is 0. The van der Waals surface area contributed by atoms with Gasteiger partial charge in [0.15, 0.2) is 0 Å². The monoisotopic (exact) mass is 424 g/mol. The van der Waals surface area contributed by atoms with Gasteiger partial charge in [-0.3, -0.25) is 9.98 Å². The van der Waals surface area contributed by atoms with E-state index < -0.39 is 10.0 Å². The zero-order valence-corrected chi connectivity index (χ0v) is 19.5. The molecule has 4 aromatic rings. The van der Waals surface area contributed by atoms with Crippen LogP contribution in [0.1, 0.15) is 41.1 Å². The number of fused-ring (bicyclic) bond motifs is 9. The second-order valence-corrected chi connectivity index (χ2v) is 14.1. The third kappa shape index (κ3) is 2.66. The van der Waals surface area contributed by atoms with Crippen LogP contribution in [0.15, 0.2) is 71.2 Å². The minimum absolute atomic E-state index is 0.155. The summed E-state index contributed by atoms with van der Waals surface area (Å²) in [5.74, 6) is 0.910. The van der Waals surface area contributed by atoms with Gasteiger partial charge in [0.1, 0.15) is 0 Å². The summed E-state index contributed by atoms with van der Waals surface area (Å²) in [7, 11) is -0.840. The van der Waals surface area contributed by atoms with E-state index in [9.17, 15) is 0 Å². The van der Waals surface area contributed by atoms with E-state index >= 15 is 0 Å². The molecule has 1 aromatic heterocycles. The molecule has 3 aromatic carbocycles. The number of pyridine rings is 1. The van der Waals surface area contributed by atoms with Crippen molar-refractivity contribution in [2.75, 3.05) is 18.8 Å². The molecule has 0 N–H and O–H groups in total. The van der Waals surface area contributed by atoms with Crippen molar-refractivity contribution >= 4 is 37.4 Å². The first-order chi connectivity index (χ1) is 14.9. The summed E-state index contributed by atoms with van der Waals surface area (Å²) in [6.07, 6.45) is 12.2. The minimum atomic E-state index is -0.840. The van der Waals surface area contributed by atoms with Gasteiger partial charge in [-0.2, -0.15) is 0 Å². The van der Waals surface area contributed by atoms with Crippen molar-refractivity contribution in [1.29, 1.82) is 0 Å². The number of benzene rings is 3. The predicted molar refractivity (Wildman–Crippen MR) is 136 cm³/mol. The zero-order valence-electron chi connectivity index (χ0n) is 18.6. The Balaban J connectivity index is 1.59. The van der Waals surface area contributed by atoms with Crippen LogP contribution in [-0.4, -0.2) is 29.5 Å². The number of allylic oxidation sites excluding steroid dienone is 1. The Hall–Kier alpha value is -2.65. The van der Waals surface area contributed by atoms with Gasteiger partial charge in [-0.05, 0) is 76.8 Å². The molecule has 0 saturated heterocycles. The fraction of sp³-hybridized carbons (Fsp3) is 0.286. The van der Waals surface area contributed by atoms with Crippen LogP contribution in [0.4, 0.5) is 0 Å². The van der Waals surface area contributed by atoms with Crippen molar-refractivity contribution in [3.8, 4) is 0 Å². The fourth-order valence-corrected chi connectivity index (χ4v) is 7.09. The summed E-state index contributed by atoms with van der Waals surface area (Å²) in [5, 5.41) is 4.08. The molecule has 2 aliphatic rings. The van der Waals surface area contributed by atoms with Crippen LogP contribution >= 0.6 is 10.0 Å². The Morgan fingerprint density at radius 2 is 1.87 bits per heavy atom. The van der Waals surface area contributed by atoms with E-state index in [1.165, 1.54) is 43.3 Å². The lowest BCUT2D eigenvalue weighted by Gasteiger charge is -2.28. The molecule has 2 heterocycles. The minimum Gasteiger partial charge on any atom is -0.276 e. The van der Waals surface area contributed by atoms with Gasteiger partial charge in [0.2, 0.25) is 0 Å². The highest BCUT2D eigenvalue weighted by Crippen LogP contribution is 2.54. The van der Waals surface area contributed by atoms with E-state index in [-0.39, 0.29) is 6.04 Å². The average Bonchev–Trinajstić information content (AvgIpc) is 3.27. The van der Waals surface area contributed by atoms with Crippen molar-refractivity contribution in [3.05, 3.63) is 83.6 Å². The molecule has 1 aliphatic heterocycles. The van der Waals surface area contributed by atoms with Gasteiger partial charge in [-0.15, -0.1) is 0 Å². The number of hydrogen-bond acceptors (Lipinski definition) is 2. The lowest BCUT2D eigenvalue weighted by Crippen LogP contribution is -2.12. The van der Waals surface area contributed by atoms with Crippen LogP contribution in [0.25, 0.3) is 21.7 Å². The van der Waals surface area contributed by atoms with Crippen LogP contribution in [0.3, 0.4) is 0 Å². The third-order valence-corrected chi connectivity index (χ3v) is 8.88. The zero-order chi connectivity index (χ0) is 21.5. The highest BCUT2D eigenvalue weighted by atomic mass is 32.3. The predicted octanol–water partition coefficient (Wildman–Crippen LogP) is 6.88. The summed E-state index contributed by atoms with van der Waals surface area (Å²) in [5.41, 5.74) is 7.71. The first kappa shape index (κ1) is 19.1. The molecule has 0 radical (unpaired) electrons. The second-order valence-electron chi connectivity index (χ2n) is 9.96. The van der Waals surface area contributed by atoms with Crippen molar-refractivity contribution in [1.82, 2.24) is 4.98 Å². The van der Waals surface area contributed by atoms with Crippen molar-refractivity contribution < 1.29 is 0 Å². The molecule has 3 atom stereocenters. The molecule has 0 saturated carbocycles. The highest BCUT2D eigenvalue weighted by Gasteiger charge is 2.41. The van der Waals surface area contributed by atoms with Crippen LogP contribution in [0.2, 0.25) is 0 Å². The molecule has 0 fully saturated rings. The topological polar surface area (TPSA) is 25.2 Å². The van der Waals surface area contributed by atoms with Gasteiger partial charge in [0.05, 0.1) is 17.3 Å². The molecule has 3 heteroatoms. The molecule has 156 valence electrons. The molecule has 3 unspecified atom stereocenters. The van der Waals surface area contributed by atoms with Gasteiger partial charge < -0.3 is 0 Å². The Morgan fingerprint density at radius 1 is 1.06 bits per heavy atom. The Kier molecular flexibility index (Phi) is 3.95. The number of rotatable bonds is 3. The molecule has 6 rings (SSSR count). The van der Waals surface area contributed by atoms with Crippen molar-refractivity contribution in [3.63, 3.8) is 0 Å². The van der Waals surface area contributed by atoms with E-state index in [1.54, 1.807) is 0 Å². The normalized spacial score (nSPS) is 23.2. The van der Waals surface area contributed by atoms with Crippen molar-refractivity contribution in [2.45, 2.75) is 30.2 Å². The molecular weight excluding hydrogens is 396 g/mol. The van der Waals surface area contributed by atoms with Gasteiger partial charge in [-0.25, -0.2) is 10.0 Å². The second kappa shape index (κ2) is 6.43. The summed E-state index contributed by atoms with van der Waals surface area (Å²) in [6.45, 7) is 6.42. The Morgan fingerprint density at radius 3 is 2.65 bits per heavy atom. The molecule has 4 bridgehead atoms. The SMILES string of the molecule is C=CC1=NC(C2c3c(cc4cc3c3cc4c(S(C)(C)C)cn3)CC2C)c2ccccc21. The van der Waals surface area contributed by atoms with Crippen LogP contribution < -0.4 is 0 Å². The molecule has 0 spiro atoms. The number of nitrogens with zero attached hydrogens (tertiary/aromatic N) is 2. The maximum atomic E-state index is 5.18. The van der Waals surface area contributed by atoms with Gasteiger partial charge in [0.25, 0.3) is 0 Å². The summed E-state index contributed by atoms with van der Waals surface area (Å²) >= 11 is 0.